The Kier molecular flexibility index (Phi) is 5.22. The first-order valence-corrected chi connectivity index (χ1v) is 7.36. The third-order valence-corrected chi connectivity index (χ3v) is 4.19. The van der Waals surface area contributed by atoms with E-state index in [4.69, 9.17) is 0 Å². The summed E-state index contributed by atoms with van der Waals surface area (Å²) in [5.74, 6) is 0. The zero-order valence-electron chi connectivity index (χ0n) is 9.60. The van der Waals surface area contributed by atoms with Crippen LogP contribution in [-0.4, -0.2) is 22.6 Å². The van der Waals surface area contributed by atoms with Crippen molar-refractivity contribution in [2.45, 2.75) is 19.4 Å². The maximum absolute atomic E-state index is 4.02. The fourth-order valence-electron chi connectivity index (χ4n) is 1.63. The molecule has 0 unspecified atom stereocenters. The van der Waals surface area contributed by atoms with Crippen LogP contribution in [0.1, 0.15) is 11.3 Å². The summed E-state index contributed by atoms with van der Waals surface area (Å²) < 4.78 is 3.32. The summed E-state index contributed by atoms with van der Waals surface area (Å²) >= 11 is 5.29. The molecule has 2 aromatic heterocycles. The van der Waals surface area contributed by atoms with E-state index >= 15 is 0 Å². The lowest BCUT2D eigenvalue weighted by Gasteiger charge is -2.04. The third-order valence-electron chi connectivity index (χ3n) is 2.51. The van der Waals surface area contributed by atoms with E-state index in [0.717, 1.165) is 32.5 Å². The predicted octanol–water partition coefficient (Wildman–Crippen LogP) is 2.93. The Bertz CT molecular complexity index is 425. The summed E-state index contributed by atoms with van der Waals surface area (Å²) in [6.45, 7) is 3.15. The summed E-state index contributed by atoms with van der Waals surface area (Å²) in [5.41, 5.74) is 0. The van der Waals surface area contributed by atoms with Gasteiger partial charge >= 0.3 is 0 Å². The SMILES string of the molecule is Brc1ccc(CCNCCCn2ccnc2)s1. The van der Waals surface area contributed by atoms with Crippen LogP contribution in [0.3, 0.4) is 0 Å². The molecule has 92 valence electrons. The van der Waals surface area contributed by atoms with Crippen molar-refractivity contribution in [3.63, 3.8) is 0 Å². The van der Waals surface area contributed by atoms with Gasteiger partial charge in [0.05, 0.1) is 10.1 Å². The van der Waals surface area contributed by atoms with Gasteiger partial charge in [0, 0.05) is 23.8 Å². The number of rotatable bonds is 7. The van der Waals surface area contributed by atoms with E-state index in [1.807, 2.05) is 30.1 Å². The van der Waals surface area contributed by atoms with Crippen molar-refractivity contribution in [1.82, 2.24) is 14.9 Å². The highest BCUT2D eigenvalue weighted by Gasteiger charge is 1.97. The van der Waals surface area contributed by atoms with Crippen LogP contribution in [0, 0.1) is 0 Å². The van der Waals surface area contributed by atoms with Gasteiger partial charge < -0.3 is 9.88 Å². The van der Waals surface area contributed by atoms with E-state index in [0.29, 0.717) is 0 Å². The van der Waals surface area contributed by atoms with Crippen LogP contribution in [0.25, 0.3) is 0 Å². The Hall–Kier alpha value is -0.650. The highest BCUT2D eigenvalue weighted by atomic mass is 79.9. The van der Waals surface area contributed by atoms with Crippen LogP contribution in [0.2, 0.25) is 0 Å². The Labute approximate surface area is 114 Å². The summed E-state index contributed by atoms with van der Waals surface area (Å²) in [4.78, 5) is 5.45. The van der Waals surface area contributed by atoms with Gasteiger partial charge in [-0.25, -0.2) is 4.98 Å². The molecule has 0 aromatic carbocycles. The number of aryl methyl sites for hydroxylation is 1. The molecule has 2 heterocycles. The lowest BCUT2D eigenvalue weighted by Crippen LogP contribution is -2.19. The number of nitrogens with zero attached hydrogens (tertiary/aromatic N) is 2. The monoisotopic (exact) mass is 313 g/mol. The van der Waals surface area contributed by atoms with E-state index in [-0.39, 0.29) is 0 Å². The highest BCUT2D eigenvalue weighted by Crippen LogP contribution is 2.21. The fourth-order valence-corrected chi connectivity index (χ4v) is 3.11. The van der Waals surface area contributed by atoms with Gasteiger partial charge in [-0.3, -0.25) is 0 Å². The fraction of sp³-hybridized carbons (Fsp3) is 0.417. The minimum atomic E-state index is 1.04. The van der Waals surface area contributed by atoms with E-state index in [9.17, 15) is 0 Å². The molecule has 0 fully saturated rings. The van der Waals surface area contributed by atoms with Crippen LogP contribution in [0.5, 0.6) is 0 Å². The van der Waals surface area contributed by atoms with E-state index in [1.54, 1.807) is 0 Å². The molecule has 0 saturated carbocycles. The number of aromatic nitrogens is 2. The molecule has 0 saturated heterocycles. The molecule has 2 rings (SSSR count). The Morgan fingerprint density at radius 2 is 2.29 bits per heavy atom. The number of halogens is 1. The van der Waals surface area contributed by atoms with Gasteiger partial charge in [0.1, 0.15) is 0 Å². The first kappa shape index (κ1) is 12.8. The smallest absolute Gasteiger partial charge is 0.0945 e. The molecule has 1 N–H and O–H groups in total. The van der Waals surface area contributed by atoms with Crippen LogP contribution >= 0.6 is 27.3 Å². The third kappa shape index (κ3) is 4.61. The first-order valence-electron chi connectivity index (χ1n) is 5.75. The number of thiophene rings is 1. The molecule has 3 nitrogen and oxygen atoms in total. The molecule has 0 atom stereocenters. The topological polar surface area (TPSA) is 29.9 Å². The molecule has 2 aromatic rings. The van der Waals surface area contributed by atoms with Gasteiger partial charge in [0.25, 0.3) is 0 Å². The molecule has 5 heteroatoms. The van der Waals surface area contributed by atoms with Crippen molar-refractivity contribution >= 4 is 27.3 Å². The van der Waals surface area contributed by atoms with Crippen molar-refractivity contribution < 1.29 is 0 Å². The van der Waals surface area contributed by atoms with Crippen molar-refractivity contribution in [3.8, 4) is 0 Å². The van der Waals surface area contributed by atoms with Crippen molar-refractivity contribution in [2.75, 3.05) is 13.1 Å². The second-order valence-corrected chi connectivity index (χ2v) is 6.41. The maximum Gasteiger partial charge on any atom is 0.0945 e. The molecule has 0 radical (unpaired) electrons. The van der Waals surface area contributed by atoms with Crippen LogP contribution in [-0.2, 0) is 13.0 Å². The van der Waals surface area contributed by atoms with Crippen molar-refractivity contribution in [1.29, 1.82) is 0 Å². The van der Waals surface area contributed by atoms with Crippen molar-refractivity contribution in [2.24, 2.45) is 0 Å². The van der Waals surface area contributed by atoms with Gasteiger partial charge in [-0.05, 0) is 54.0 Å². The minimum absolute atomic E-state index is 1.04. The summed E-state index contributed by atoms with van der Waals surface area (Å²) in [6.07, 6.45) is 7.94. The molecular weight excluding hydrogens is 298 g/mol. The van der Waals surface area contributed by atoms with Gasteiger partial charge in [-0.2, -0.15) is 0 Å². The van der Waals surface area contributed by atoms with E-state index in [2.05, 4.69) is 42.9 Å². The molecule has 0 bridgehead atoms. The highest BCUT2D eigenvalue weighted by molar-refractivity contribution is 9.11. The maximum atomic E-state index is 4.02. The number of imidazole rings is 1. The molecule has 17 heavy (non-hydrogen) atoms. The number of hydrogen-bond donors (Lipinski definition) is 1. The molecule has 0 spiro atoms. The molecule has 0 aliphatic carbocycles. The van der Waals surface area contributed by atoms with Crippen LogP contribution in [0.15, 0.2) is 34.6 Å². The number of nitrogens with one attached hydrogen (secondary N) is 1. The van der Waals surface area contributed by atoms with Gasteiger partial charge in [-0.1, -0.05) is 0 Å². The molecule has 0 aliphatic heterocycles. The molecule has 0 aliphatic rings. The molecule has 0 amide bonds. The normalized spacial score (nSPS) is 10.9. The van der Waals surface area contributed by atoms with Gasteiger partial charge in [-0.15, -0.1) is 11.3 Å². The predicted molar refractivity (Wildman–Crippen MR) is 75.4 cm³/mol. The lowest BCUT2D eigenvalue weighted by atomic mass is 10.3. The molecular formula is C12H16BrN3S. The van der Waals surface area contributed by atoms with E-state index < -0.39 is 0 Å². The average molecular weight is 314 g/mol. The quantitative estimate of drug-likeness (QED) is 0.797. The second-order valence-electron chi connectivity index (χ2n) is 3.86. The Morgan fingerprint density at radius 3 is 3.00 bits per heavy atom. The van der Waals surface area contributed by atoms with Gasteiger partial charge in [0.2, 0.25) is 0 Å². The lowest BCUT2D eigenvalue weighted by molar-refractivity contribution is 0.582. The van der Waals surface area contributed by atoms with E-state index in [1.165, 1.54) is 8.66 Å². The average Bonchev–Trinajstić information content (AvgIpc) is 2.95. The largest absolute Gasteiger partial charge is 0.337 e. The first-order chi connectivity index (χ1) is 8.34. The summed E-state index contributed by atoms with van der Waals surface area (Å²) in [6, 6.07) is 4.29. The Morgan fingerprint density at radius 1 is 1.35 bits per heavy atom. The van der Waals surface area contributed by atoms with Gasteiger partial charge in [0.15, 0.2) is 0 Å². The zero-order chi connectivity index (χ0) is 11.9. The van der Waals surface area contributed by atoms with Crippen LogP contribution < -0.4 is 5.32 Å². The Balaban J connectivity index is 1.52. The summed E-state index contributed by atoms with van der Waals surface area (Å²) in [7, 11) is 0. The number of hydrogen-bond acceptors (Lipinski definition) is 3. The van der Waals surface area contributed by atoms with Crippen LogP contribution in [0.4, 0.5) is 0 Å². The van der Waals surface area contributed by atoms with Crippen molar-refractivity contribution in [3.05, 3.63) is 39.5 Å². The zero-order valence-corrected chi connectivity index (χ0v) is 12.0. The minimum Gasteiger partial charge on any atom is -0.337 e. The summed E-state index contributed by atoms with van der Waals surface area (Å²) in [5, 5.41) is 3.46. The standard InChI is InChI=1S/C12H16BrN3S/c13-12-3-2-11(17-12)4-6-14-5-1-8-16-9-7-15-10-16/h2-3,7,9-10,14H,1,4-6,8H2. The second kappa shape index (κ2) is 6.93.